The van der Waals surface area contributed by atoms with E-state index < -0.39 is 0 Å². The summed E-state index contributed by atoms with van der Waals surface area (Å²) in [6.07, 6.45) is 2.05. The third-order valence-corrected chi connectivity index (χ3v) is 4.14. The molecule has 2 aromatic rings. The first-order valence-corrected chi connectivity index (χ1v) is 8.12. The van der Waals surface area contributed by atoms with Gasteiger partial charge in [0, 0.05) is 5.75 Å². The van der Waals surface area contributed by atoms with E-state index in [2.05, 4.69) is 18.4 Å². The Morgan fingerprint density at radius 3 is 2.14 bits per heavy atom. The van der Waals surface area contributed by atoms with Crippen LogP contribution in [0, 0.1) is 0 Å². The molecule has 0 fully saturated rings. The highest BCUT2D eigenvalue weighted by Gasteiger charge is 2.34. The highest BCUT2D eigenvalue weighted by atomic mass is 32.2. The second kappa shape index (κ2) is 5.74. The van der Waals surface area contributed by atoms with Crippen LogP contribution in [0.5, 0.6) is 0 Å². The summed E-state index contributed by atoms with van der Waals surface area (Å²) in [5.41, 5.74) is 3.19. The van der Waals surface area contributed by atoms with Crippen molar-refractivity contribution in [2.24, 2.45) is 0 Å². The Morgan fingerprint density at radius 2 is 1.52 bits per heavy atom. The predicted octanol–water partition coefficient (Wildman–Crippen LogP) is 3.35. The molecule has 3 nitrogen and oxygen atoms in total. The summed E-state index contributed by atoms with van der Waals surface area (Å²) < 4.78 is 0. The zero-order valence-corrected chi connectivity index (χ0v) is 12.5. The smallest absolute Gasteiger partial charge is 0.261 e. The van der Waals surface area contributed by atoms with Gasteiger partial charge in [-0.15, -0.1) is 0 Å². The molecule has 0 aliphatic carbocycles. The Bertz CT molecular complexity index is 676. The van der Waals surface area contributed by atoms with E-state index >= 15 is 0 Å². The number of hydrogen-bond donors (Lipinski definition) is 0. The zero-order valence-electron chi connectivity index (χ0n) is 11.7. The molecule has 0 atom stereocenters. The van der Waals surface area contributed by atoms with Gasteiger partial charge in [-0.25, -0.2) is 0 Å². The summed E-state index contributed by atoms with van der Waals surface area (Å²) in [7, 11) is 0. The standard InChI is InChI=1S/C17H15NO2S/c1-21-11-13-6-4-5-12(9-13)10-18-16(19)14-7-2-3-8-15(14)17(18)20/h2-9H,10-11H2,1H3. The summed E-state index contributed by atoms with van der Waals surface area (Å²) in [5, 5.41) is 0. The number of imide groups is 1. The molecule has 1 heterocycles. The van der Waals surface area contributed by atoms with E-state index in [0.29, 0.717) is 17.7 Å². The fraction of sp³-hybridized carbons (Fsp3) is 0.176. The molecule has 4 heteroatoms. The van der Waals surface area contributed by atoms with Crippen LogP contribution >= 0.6 is 11.8 Å². The largest absolute Gasteiger partial charge is 0.270 e. The van der Waals surface area contributed by atoms with Gasteiger partial charge in [-0.1, -0.05) is 36.4 Å². The lowest BCUT2D eigenvalue weighted by Crippen LogP contribution is -2.29. The molecule has 0 bridgehead atoms. The van der Waals surface area contributed by atoms with Crippen molar-refractivity contribution >= 4 is 23.6 Å². The Kier molecular flexibility index (Phi) is 3.80. The molecule has 0 saturated heterocycles. The van der Waals surface area contributed by atoms with Gasteiger partial charge >= 0.3 is 0 Å². The van der Waals surface area contributed by atoms with Crippen LogP contribution in [0.25, 0.3) is 0 Å². The molecular formula is C17H15NO2S. The lowest BCUT2D eigenvalue weighted by atomic mass is 10.1. The zero-order chi connectivity index (χ0) is 14.8. The van der Waals surface area contributed by atoms with Gasteiger partial charge in [-0.05, 0) is 29.5 Å². The van der Waals surface area contributed by atoms with Crippen molar-refractivity contribution in [3.63, 3.8) is 0 Å². The van der Waals surface area contributed by atoms with Gasteiger partial charge < -0.3 is 0 Å². The molecule has 3 rings (SSSR count). The van der Waals surface area contributed by atoms with Crippen LogP contribution in [0.1, 0.15) is 31.8 Å². The lowest BCUT2D eigenvalue weighted by Gasteiger charge is -2.14. The first-order valence-electron chi connectivity index (χ1n) is 6.72. The Morgan fingerprint density at radius 1 is 0.905 bits per heavy atom. The third-order valence-electron chi connectivity index (χ3n) is 3.52. The van der Waals surface area contributed by atoms with Gasteiger partial charge in [-0.3, -0.25) is 14.5 Å². The Hall–Kier alpha value is -2.07. The van der Waals surface area contributed by atoms with Crippen LogP contribution in [0.3, 0.4) is 0 Å². The van der Waals surface area contributed by atoms with Gasteiger partial charge in [0.2, 0.25) is 0 Å². The van der Waals surface area contributed by atoms with Crippen molar-refractivity contribution in [2.75, 3.05) is 6.26 Å². The topological polar surface area (TPSA) is 37.4 Å². The van der Waals surface area contributed by atoms with Crippen LogP contribution in [0.2, 0.25) is 0 Å². The van der Waals surface area contributed by atoms with Gasteiger partial charge in [0.1, 0.15) is 0 Å². The summed E-state index contributed by atoms with van der Waals surface area (Å²) in [5.74, 6) is 0.521. The molecule has 2 amide bonds. The minimum Gasteiger partial charge on any atom is -0.270 e. The van der Waals surface area contributed by atoms with Crippen molar-refractivity contribution in [2.45, 2.75) is 12.3 Å². The number of fused-ring (bicyclic) bond motifs is 1. The predicted molar refractivity (Wildman–Crippen MR) is 84.3 cm³/mol. The number of hydrogen-bond acceptors (Lipinski definition) is 3. The molecule has 21 heavy (non-hydrogen) atoms. The minimum atomic E-state index is -0.203. The summed E-state index contributed by atoms with van der Waals surface area (Å²) in [6.45, 7) is 0.328. The van der Waals surface area contributed by atoms with Crippen molar-refractivity contribution in [3.8, 4) is 0 Å². The van der Waals surface area contributed by atoms with E-state index in [1.807, 2.05) is 12.1 Å². The van der Waals surface area contributed by atoms with Crippen molar-refractivity contribution in [1.82, 2.24) is 4.90 Å². The molecule has 106 valence electrons. The van der Waals surface area contributed by atoms with Gasteiger partial charge in [-0.2, -0.15) is 11.8 Å². The van der Waals surface area contributed by atoms with E-state index in [-0.39, 0.29) is 11.8 Å². The van der Waals surface area contributed by atoms with Crippen LogP contribution in [-0.4, -0.2) is 23.0 Å². The second-order valence-corrected chi connectivity index (χ2v) is 5.86. The van der Waals surface area contributed by atoms with E-state index in [0.717, 1.165) is 11.3 Å². The molecule has 0 radical (unpaired) electrons. The van der Waals surface area contributed by atoms with Crippen LogP contribution in [0.4, 0.5) is 0 Å². The first-order chi connectivity index (χ1) is 10.2. The number of thioether (sulfide) groups is 1. The molecule has 0 saturated carbocycles. The number of rotatable bonds is 4. The van der Waals surface area contributed by atoms with Gasteiger partial charge in [0.25, 0.3) is 11.8 Å². The monoisotopic (exact) mass is 297 g/mol. The van der Waals surface area contributed by atoms with Crippen molar-refractivity contribution in [3.05, 3.63) is 70.8 Å². The van der Waals surface area contributed by atoms with E-state index in [9.17, 15) is 9.59 Å². The van der Waals surface area contributed by atoms with Crippen LogP contribution < -0.4 is 0 Å². The van der Waals surface area contributed by atoms with E-state index in [1.165, 1.54) is 10.5 Å². The maximum Gasteiger partial charge on any atom is 0.261 e. The highest BCUT2D eigenvalue weighted by Crippen LogP contribution is 2.24. The highest BCUT2D eigenvalue weighted by molar-refractivity contribution is 7.97. The summed E-state index contributed by atoms with van der Waals surface area (Å²) >= 11 is 1.75. The molecule has 2 aromatic carbocycles. The van der Waals surface area contributed by atoms with Crippen molar-refractivity contribution in [1.29, 1.82) is 0 Å². The van der Waals surface area contributed by atoms with Gasteiger partial charge in [0.15, 0.2) is 0 Å². The number of benzene rings is 2. The van der Waals surface area contributed by atoms with E-state index in [1.54, 1.807) is 36.0 Å². The van der Waals surface area contributed by atoms with E-state index in [4.69, 9.17) is 0 Å². The molecule has 0 N–H and O–H groups in total. The Balaban J connectivity index is 1.85. The molecular weight excluding hydrogens is 282 g/mol. The van der Waals surface area contributed by atoms with Crippen LogP contribution in [-0.2, 0) is 12.3 Å². The average Bonchev–Trinajstić information content (AvgIpc) is 2.74. The maximum absolute atomic E-state index is 12.3. The number of nitrogens with zero attached hydrogens (tertiary/aromatic N) is 1. The SMILES string of the molecule is CSCc1cccc(CN2C(=O)c3ccccc3C2=O)c1. The van der Waals surface area contributed by atoms with Crippen molar-refractivity contribution < 1.29 is 9.59 Å². The van der Waals surface area contributed by atoms with Crippen LogP contribution in [0.15, 0.2) is 48.5 Å². The summed E-state index contributed by atoms with van der Waals surface area (Å²) in [6, 6.07) is 15.0. The second-order valence-electron chi connectivity index (χ2n) is 4.99. The minimum absolute atomic E-state index is 0.203. The third kappa shape index (κ3) is 2.59. The lowest BCUT2D eigenvalue weighted by molar-refractivity contribution is 0.0642. The Labute approximate surface area is 128 Å². The number of carbonyl (C=O) groups excluding carboxylic acids is 2. The average molecular weight is 297 g/mol. The molecule has 1 aliphatic heterocycles. The first kappa shape index (κ1) is 13.9. The molecule has 0 unspecified atom stereocenters. The quantitative estimate of drug-likeness (QED) is 0.812. The maximum atomic E-state index is 12.3. The summed E-state index contributed by atoms with van der Waals surface area (Å²) in [4.78, 5) is 26.0. The molecule has 0 spiro atoms. The number of amides is 2. The fourth-order valence-corrected chi connectivity index (χ4v) is 3.06. The fourth-order valence-electron chi connectivity index (χ4n) is 2.55. The molecule has 1 aliphatic rings. The number of carbonyl (C=O) groups is 2. The van der Waals surface area contributed by atoms with Gasteiger partial charge in [0.05, 0.1) is 17.7 Å². The normalized spacial score (nSPS) is 13.7. The molecule has 0 aromatic heterocycles.